The van der Waals surface area contributed by atoms with Crippen LogP contribution in [0.25, 0.3) is 0 Å². The van der Waals surface area contributed by atoms with Crippen LogP contribution in [0.1, 0.15) is 37.3 Å². The second kappa shape index (κ2) is 5.65. The molecule has 1 aromatic heterocycles. The first kappa shape index (κ1) is 13.3. The van der Waals surface area contributed by atoms with Crippen LogP contribution < -0.4 is 16.0 Å². The lowest BCUT2D eigenvalue weighted by Crippen LogP contribution is -2.44. The fraction of sp³-hybridized carbons (Fsp3) is 0.615. The molecule has 5 nitrogen and oxygen atoms in total. The van der Waals surface area contributed by atoms with Crippen molar-refractivity contribution in [1.82, 2.24) is 10.4 Å². The van der Waals surface area contributed by atoms with E-state index in [9.17, 15) is 0 Å². The summed E-state index contributed by atoms with van der Waals surface area (Å²) in [5.41, 5.74) is 3.85. The second-order valence-electron chi connectivity index (χ2n) is 4.82. The molecule has 1 aliphatic rings. The van der Waals surface area contributed by atoms with E-state index in [0.717, 1.165) is 30.6 Å². The third-order valence-corrected chi connectivity index (χ3v) is 3.85. The van der Waals surface area contributed by atoms with Crippen LogP contribution in [0.15, 0.2) is 18.5 Å². The smallest absolute Gasteiger partial charge is 0.137 e. The van der Waals surface area contributed by atoms with Crippen molar-refractivity contribution in [3.63, 3.8) is 0 Å². The van der Waals surface area contributed by atoms with Gasteiger partial charge in [0.05, 0.1) is 24.9 Å². The number of ether oxygens (including phenoxy) is 2. The van der Waals surface area contributed by atoms with Crippen LogP contribution in [-0.2, 0) is 4.74 Å². The molecular formula is C13H21N3O2. The second-order valence-corrected chi connectivity index (χ2v) is 4.82. The molecule has 0 bridgehead atoms. The summed E-state index contributed by atoms with van der Waals surface area (Å²) in [6.45, 7) is 0. The van der Waals surface area contributed by atoms with Gasteiger partial charge in [-0.15, -0.1) is 0 Å². The van der Waals surface area contributed by atoms with Crippen molar-refractivity contribution in [2.75, 3.05) is 14.2 Å². The number of nitrogens with zero attached hydrogens (tertiary/aromatic N) is 1. The molecule has 0 aromatic carbocycles. The Labute approximate surface area is 108 Å². The Hall–Kier alpha value is -1.17. The van der Waals surface area contributed by atoms with E-state index in [1.807, 2.05) is 12.3 Å². The van der Waals surface area contributed by atoms with Gasteiger partial charge in [0, 0.05) is 13.3 Å². The molecule has 0 radical (unpaired) electrons. The lowest BCUT2D eigenvalue weighted by molar-refractivity contribution is -0.0838. The zero-order valence-corrected chi connectivity index (χ0v) is 11.0. The molecular weight excluding hydrogens is 230 g/mol. The van der Waals surface area contributed by atoms with Crippen molar-refractivity contribution in [3.05, 3.63) is 24.0 Å². The van der Waals surface area contributed by atoms with Crippen molar-refractivity contribution >= 4 is 0 Å². The van der Waals surface area contributed by atoms with E-state index in [-0.39, 0.29) is 11.6 Å². The topological polar surface area (TPSA) is 69.4 Å². The number of nitrogens with one attached hydrogen (secondary N) is 1. The third-order valence-electron chi connectivity index (χ3n) is 3.85. The Bertz CT molecular complexity index is 388. The van der Waals surface area contributed by atoms with Crippen molar-refractivity contribution < 1.29 is 9.47 Å². The Morgan fingerprint density at radius 2 is 2.22 bits per heavy atom. The summed E-state index contributed by atoms with van der Waals surface area (Å²) in [4.78, 5) is 4.16. The van der Waals surface area contributed by atoms with E-state index in [2.05, 4.69) is 10.4 Å². The molecule has 100 valence electrons. The number of rotatable bonds is 6. The number of hydrogen-bond acceptors (Lipinski definition) is 5. The van der Waals surface area contributed by atoms with Gasteiger partial charge in [-0.25, -0.2) is 0 Å². The zero-order chi connectivity index (χ0) is 13.0. The van der Waals surface area contributed by atoms with E-state index in [1.54, 1.807) is 20.4 Å². The first-order chi connectivity index (χ1) is 8.73. The molecule has 1 fully saturated rings. The number of aromatic nitrogens is 1. The highest BCUT2D eigenvalue weighted by atomic mass is 16.5. The van der Waals surface area contributed by atoms with E-state index < -0.39 is 0 Å². The SMILES string of the molecule is COc1cncc(C(CC2(OC)CCC2)NN)c1. The number of pyridine rings is 1. The molecule has 0 amide bonds. The highest BCUT2D eigenvalue weighted by Gasteiger charge is 2.39. The van der Waals surface area contributed by atoms with E-state index in [4.69, 9.17) is 15.3 Å². The van der Waals surface area contributed by atoms with E-state index >= 15 is 0 Å². The molecule has 3 N–H and O–H groups in total. The summed E-state index contributed by atoms with van der Waals surface area (Å²) in [6.07, 6.45) is 7.77. The summed E-state index contributed by atoms with van der Waals surface area (Å²) in [7, 11) is 3.41. The van der Waals surface area contributed by atoms with Crippen molar-refractivity contribution in [3.8, 4) is 5.75 Å². The average molecular weight is 251 g/mol. The van der Waals surface area contributed by atoms with Gasteiger partial charge in [-0.1, -0.05) is 0 Å². The van der Waals surface area contributed by atoms with Gasteiger partial charge >= 0.3 is 0 Å². The van der Waals surface area contributed by atoms with Gasteiger partial charge in [-0.2, -0.15) is 0 Å². The maximum atomic E-state index is 5.66. The molecule has 5 heteroatoms. The predicted molar refractivity (Wildman–Crippen MR) is 69.1 cm³/mol. The van der Waals surface area contributed by atoms with Crippen molar-refractivity contribution in [2.24, 2.45) is 5.84 Å². The maximum absolute atomic E-state index is 5.66. The first-order valence-corrected chi connectivity index (χ1v) is 6.23. The number of hydrogen-bond donors (Lipinski definition) is 2. The lowest BCUT2D eigenvalue weighted by Gasteiger charge is -2.42. The molecule has 0 saturated heterocycles. The molecule has 1 saturated carbocycles. The maximum Gasteiger partial charge on any atom is 0.137 e. The Balaban J connectivity index is 2.12. The third kappa shape index (κ3) is 2.63. The molecule has 2 rings (SSSR count). The van der Waals surface area contributed by atoms with Crippen LogP contribution in [-0.4, -0.2) is 24.8 Å². The fourth-order valence-electron chi connectivity index (χ4n) is 2.45. The number of hydrazine groups is 1. The Morgan fingerprint density at radius 3 is 2.72 bits per heavy atom. The van der Waals surface area contributed by atoms with Crippen LogP contribution in [0.2, 0.25) is 0 Å². The van der Waals surface area contributed by atoms with Gasteiger partial charge in [0.25, 0.3) is 0 Å². The highest BCUT2D eigenvalue weighted by molar-refractivity contribution is 5.26. The molecule has 0 spiro atoms. The van der Waals surface area contributed by atoms with Gasteiger partial charge in [0.15, 0.2) is 0 Å². The number of methoxy groups -OCH3 is 2. The van der Waals surface area contributed by atoms with Gasteiger partial charge in [0.1, 0.15) is 5.75 Å². The minimum Gasteiger partial charge on any atom is -0.495 e. The minimum absolute atomic E-state index is 0.0277. The Kier molecular flexibility index (Phi) is 4.16. The average Bonchev–Trinajstić information content (AvgIpc) is 2.38. The van der Waals surface area contributed by atoms with Gasteiger partial charge in [0.2, 0.25) is 0 Å². The summed E-state index contributed by atoms with van der Waals surface area (Å²) in [6, 6.07) is 1.99. The van der Waals surface area contributed by atoms with Crippen LogP contribution >= 0.6 is 0 Å². The minimum atomic E-state index is -0.0277. The molecule has 1 heterocycles. The van der Waals surface area contributed by atoms with Gasteiger partial charge in [-0.05, 0) is 37.3 Å². The molecule has 0 aliphatic heterocycles. The van der Waals surface area contributed by atoms with E-state index in [1.165, 1.54) is 6.42 Å². The van der Waals surface area contributed by atoms with Crippen LogP contribution in [0.5, 0.6) is 5.75 Å². The quantitative estimate of drug-likeness (QED) is 0.593. The van der Waals surface area contributed by atoms with Crippen LogP contribution in [0, 0.1) is 0 Å². The largest absolute Gasteiger partial charge is 0.495 e. The standard InChI is InChI=1S/C13H21N3O2/c1-17-11-6-10(8-15-9-11)12(16-14)7-13(18-2)4-3-5-13/h6,8-9,12,16H,3-5,7,14H2,1-2H3. The van der Waals surface area contributed by atoms with Crippen molar-refractivity contribution in [1.29, 1.82) is 0 Å². The first-order valence-electron chi connectivity index (χ1n) is 6.23. The highest BCUT2D eigenvalue weighted by Crippen LogP contribution is 2.41. The molecule has 1 aromatic rings. The summed E-state index contributed by atoms with van der Waals surface area (Å²) in [5.74, 6) is 6.41. The fourth-order valence-corrected chi connectivity index (χ4v) is 2.45. The van der Waals surface area contributed by atoms with Gasteiger partial charge < -0.3 is 9.47 Å². The van der Waals surface area contributed by atoms with Crippen molar-refractivity contribution in [2.45, 2.75) is 37.3 Å². The summed E-state index contributed by atoms with van der Waals surface area (Å²) >= 11 is 0. The normalized spacial score (nSPS) is 19.1. The zero-order valence-electron chi connectivity index (χ0n) is 11.0. The van der Waals surface area contributed by atoms with E-state index in [0.29, 0.717) is 0 Å². The number of nitrogens with two attached hydrogens (primary N) is 1. The molecule has 18 heavy (non-hydrogen) atoms. The predicted octanol–water partition coefficient (Wildman–Crippen LogP) is 1.55. The summed E-state index contributed by atoms with van der Waals surface area (Å²) < 4.78 is 10.8. The molecule has 1 aliphatic carbocycles. The Morgan fingerprint density at radius 1 is 1.44 bits per heavy atom. The van der Waals surface area contributed by atoms with Gasteiger partial charge in [-0.3, -0.25) is 16.3 Å². The molecule has 1 atom stereocenters. The monoisotopic (exact) mass is 251 g/mol. The molecule has 1 unspecified atom stereocenters. The van der Waals surface area contributed by atoms with Crippen LogP contribution in [0.4, 0.5) is 0 Å². The van der Waals surface area contributed by atoms with Crippen LogP contribution in [0.3, 0.4) is 0 Å². The summed E-state index contributed by atoms with van der Waals surface area (Å²) in [5, 5.41) is 0. The lowest BCUT2D eigenvalue weighted by atomic mass is 9.75.